The number of thioether (sulfide) groups is 2. The zero-order chi connectivity index (χ0) is 20.9. The summed E-state index contributed by atoms with van der Waals surface area (Å²) < 4.78 is 6.95. The maximum absolute atomic E-state index is 13.3. The molecule has 0 aliphatic carbocycles. The van der Waals surface area contributed by atoms with Gasteiger partial charge in [-0.2, -0.15) is 0 Å². The summed E-state index contributed by atoms with van der Waals surface area (Å²) in [5.74, 6) is 1.12. The van der Waals surface area contributed by atoms with Crippen LogP contribution in [0.25, 0.3) is 10.2 Å². The molecule has 1 fully saturated rings. The molecule has 1 saturated heterocycles. The molecule has 158 valence electrons. The molecule has 7 heteroatoms. The zero-order valence-corrected chi connectivity index (χ0v) is 19.7. The van der Waals surface area contributed by atoms with Gasteiger partial charge in [-0.25, -0.2) is 4.98 Å². The van der Waals surface area contributed by atoms with Gasteiger partial charge in [0.2, 0.25) is 5.91 Å². The minimum absolute atomic E-state index is 0.0746. The standard InChI is InChI=1S/C23H26N2O2S3/c1-3-29-18-8-6-16(7-9-18)13-22(26)25(15-17-5-4-12-27-17)23-24-20-11-10-19(28-2)14-21(20)30-23/h6-11,14,17H,3-5,12-13,15H2,1-2H3. The maximum Gasteiger partial charge on any atom is 0.233 e. The minimum Gasteiger partial charge on any atom is -0.376 e. The van der Waals surface area contributed by atoms with E-state index in [1.54, 1.807) is 23.1 Å². The van der Waals surface area contributed by atoms with Gasteiger partial charge < -0.3 is 4.74 Å². The van der Waals surface area contributed by atoms with Gasteiger partial charge in [0.25, 0.3) is 0 Å². The molecular formula is C23H26N2O2S3. The molecule has 1 aliphatic rings. The van der Waals surface area contributed by atoms with Crippen LogP contribution in [0.3, 0.4) is 0 Å². The molecule has 4 rings (SSSR count). The minimum atomic E-state index is 0.0746. The van der Waals surface area contributed by atoms with E-state index in [0.29, 0.717) is 13.0 Å². The van der Waals surface area contributed by atoms with Crippen LogP contribution in [0, 0.1) is 0 Å². The van der Waals surface area contributed by atoms with Gasteiger partial charge in [-0.1, -0.05) is 30.4 Å². The Bertz CT molecular complexity index is 997. The Morgan fingerprint density at radius 1 is 1.23 bits per heavy atom. The second-order valence-electron chi connectivity index (χ2n) is 7.22. The van der Waals surface area contributed by atoms with Gasteiger partial charge in [0.1, 0.15) is 0 Å². The number of aromatic nitrogens is 1. The van der Waals surface area contributed by atoms with Crippen LogP contribution in [0.15, 0.2) is 52.3 Å². The van der Waals surface area contributed by atoms with Crippen LogP contribution in [0.4, 0.5) is 5.13 Å². The Kier molecular flexibility index (Phi) is 7.36. The quantitative estimate of drug-likeness (QED) is 0.394. The van der Waals surface area contributed by atoms with Crippen molar-refractivity contribution in [1.29, 1.82) is 0 Å². The number of fused-ring (bicyclic) bond motifs is 1. The van der Waals surface area contributed by atoms with Crippen molar-refractivity contribution in [3.8, 4) is 0 Å². The van der Waals surface area contributed by atoms with Gasteiger partial charge in [0.05, 0.1) is 29.3 Å². The molecule has 1 aliphatic heterocycles. The average molecular weight is 459 g/mol. The normalized spacial score (nSPS) is 16.3. The lowest BCUT2D eigenvalue weighted by molar-refractivity contribution is -0.118. The van der Waals surface area contributed by atoms with Crippen molar-refractivity contribution in [3.63, 3.8) is 0 Å². The number of hydrogen-bond acceptors (Lipinski definition) is 6. The molecule has 2 aromatic carbocycles. The first-order chi connectivity index (χ1) is 14.7. The summed E-state index contributed by atoms with van der Waals surface area (Å²) in [6.45, 7) is 3.49. The van der Waals surface area contributed by atoms with Crippen molar-refractivity contribution >= 4 is 56.1 Å². The number of thiazole rings is 1. The molecular weight excluding hydrogens is 432 g/mol. The molecule has 1 atom stereocenters. The molecule has 0 radical (unpaired) electrons. The number of carbonyl (C=O) groups excluding carboxylic acids is 1. The molecule has 0 spiro atoms. The lowest BCUT2D eigenvalue weighted by Gasteiger charge is -2.23. The Balaban J connectivity index is 1.57. The monoisotopic (exact) mass is 458 g/mol. The highest BCUT2D eigenvalue weighted by Crippen LogP contribution is 2.32. The van der Waals surface area contributed by atoms with Gasteiger partial charge >= 0.3 is 0 Å². The number of rotatable bonds is 8. The number of anilines is 1. The third-order valence-corrected chi connectivity index (χ3v) is 7.78. The number of carbonyl (C=O) groups is 1. The highest BCUT2D eigenvalue weighted by Gasteiger charge is 2.26. The lowest BCUT2D eigenvalue weighted by atomic mass is 10.1. The number of benzene rings is 2. The molecule has 3 aromatic rings. The fraction of sp³-hybridized carbons (Fsp3) is 0.391. The van der Waals surface area contributed by atoms with Crippen molar-refractivity contribution in [1.82, 2.24) is 4.98 Å². The van der Waals surface area contributed by atoms with E-state index >= 15 is 0 Å². The summed E-state index contributed by atoms with van der Waals surface area (Å²) in [5.41, 5.74) is 1.97. The van der Waals surface area contributed by atoms with Crippen LogP contribution in [-0.4, -0.2) is 42.2 Å². The van der Waals surface area contributed by atoms with E-state index in [1.807, 2.05) is 22.7 Å². The van der Waals surface area contributed by atoms with E-state index in [4.69, 9.17) is 9.72 Å². The van der Waals surface area contributed by atoms with Crippen LogP contribution in [0.1, 0.15) is 25.3 Å². The van der Waals surface area contributed by atoms with Crippen molar-refractivity contribution in [2.24, 2.45) is 0 Å². The highest BCUT2D eigenvalue weighted by molar-refractivity contribution is 7.99. The Morgan fingerprint density at radius 2 is 2.03 bits per heavy atom. The third kappa shape index (κ3) is 5.19. The van der Waals surface area contributed by atoms with Crippen molar-refractivity contribution in [2.75, 3.05) is 30.1 Å². The molecule has 4 nitrogen and oxygen atoms in total. The third-order valence-electron chi connectivity index (χ3n) is 5.12. The fourth-order valence-electron chi connectivity index (χ4n) is 3.55. The van der Waals surface area contributed by atoms with E-state index < -0.39 is 0 Å². The van der Waals surface area contributed by atoms with Crippen LogP contribution >= 0.6 is 34.9 Å². The molecule has 1 unspecified atom stereocenters. The topological polar surface area (TPSA) is 42.4 Å². The van der Waals surface area contributed by atoms with E-state index in [9.17, 15) is 4.79 Å². The summed E-state index contributed by atoms with van der Waals surface area (Å²) in [6, 6.07) is 14.6. The van der Waals surface area contributed by atoms with Gasteiger partial charge in [0, 0.05) is 16.4 Å². The molecule has 0 bridgehead atoms. The summed E-state index contributed by atoms with van der Waals surface area (Å²) in [6.07, 6.45) is 4.58. The second kappa shape index (κ2) is 10.2. The van der Waals surface area contributed by atoms with Crippen LogP contribution in [0.2, 0.25) is 0 Å². The smallest absolute Gasteiger partial charge is 0.233 e. The summed E-state index contributed by atoms with van der Waals surface area (Å²) in [5, 5.41) is 0.766. The molecule has 0 N–H and O–H groups in total. The first-order valence-corrected chi connectivity index (χ1v) is 13.3. The average Bonchev–Trinajstić information content (AvgIpc) is 3.42. The fourth-order valence-corrected chi connectivity index (χ4v) is 5.76. The first-order valence-electron chi connectivity index (χ1n) is 10.2. The Labute approximate surface area is 190 Å². The Morgan fingerprint density at radius 3 is 2.73 bits per heavy atom. The molecule has 30 heavy (non-hydrogen) atoms. The number of amides is 1. The van der Waals surface area contributed by atoms with Gasteiger partial charge in [0.15, 0.2) is 5.13 Å². The van der Waals surface area contributed by atoms with E-state index in [0.717, 1.165) is 46.1 Å². The maximum atomic E-state index is 13.3. The summed E-state index contributed by atoms with van der Waals surface area (Å²) in [4.78, 5) is 22.4. The van der Waals surface area contributed by atoms with E-state index in [1.165, 1.54) is 9.79 Å². The van der Waals surface area contributed by atoms with E-state index in [2.05, 4.69) is 49.6 Å². The first kappa shape index (κ1) is 21.7. The van der Waals surface area contributed by atoms with Gasteiger partial charge in [-0.05, 0) is 60.7 Å². The second-order valence-corrected chi connectivity index (χ2v) is 10.4. The predicted octanol–water partition coefficient (Wildman–Crippen LogP) is 5.88. The molecule has 1 amide bonds. The largest absolute Gasteiger partial charge is 0.376 e. The van der Waals surface area contributed by atoms with Crippen LogP contribution in [-0.2, 0) is 16.0 Å². The molecule has 0 saturated carbocycles. The molecule has 1 aromatic heterocycles. The Hall–Kier alpha value is -1.54. The van der Waals surface area contributed by atoms with E-state index in [-0.39, 0.29) is 12.0 Å². The SMILES string of the molecule is CCSc1ccc(CC(=O)N(CC2CCCO2)c2nc3ccc(SC)cc3s2)cc1. The number of ether oxygens (including phenoxy) is 1. The molecule has 2 heterocycles. The van der Waals surface area contributed by atoms with Gasteiger partial charge in [-0.3, -0.25) is 9.69 Å². The summed E-state index contributed by atoms with van der Waals surface area (Å²) in [7, 11) is 0. The van der Waals surface area contributed by atoms with Crippen molar-refractivity contribution in [2.45, 2.75) is 42.1 Å². The number of nitrogens with zero attached hydrogens (tertiary/aromatic N) is 2. The highest BCUT2D eigenvalue weighted by atomic mass is 32.2. The predicted molar refractivity (Wildman–Crippen MR) is 129 cm³/mol. The zero-order valence-electron chi connectivity index (χ0n) is 17.3. The van der Waals surface area contributed by atoms with Gasteiger partial charge in [-0.15, -0.1) is 23.5 Å². The van der Waals surface area contributed by atoms with Crippen molar-refractivity contribution < 1.29 is 9.53 Å². The number of hydrogen-bond donors (Lipinski definition) is 0. The van der Waals surface area contributed by atoms with Crippen LogP contribution in [0.5, 0.6) is 0 Å². The summed E-state index contributed by atoms with van der Waals surface area (Å²) >= 11 is 5.12. The van der Waals surface area contributed by atoms with Crippen LogP contribution < -0.4 is 4.90 Å². The lowest BCUT2D eigenvalue weighted by Crippen LogP contribution is -2.38. The van der Waals surface area contributed by atoms with Crippen molar-refractivity contribution in [3.05, 3.63) is 48.0 Å².